The molecule has 0 spiro atoms. The highest BCUT2D eigenvalue weighted by Crippen LogP contribution is 2.38. The SMILES string of the molecule is COc1cc(CC(=O)O[C@H](C)c2ccc(F)cc2)cc(OC)c1OC. The van der Waals surface area contributed by atoms with Crippen molar-refractivity contribution in [3.8, 4) is 17.2 Å². The summed E-state index contributed by atoms with van der Waals surface area (Å²) in [6, 6.07) is 9.24. The lowest BCUT2D eigenvalue weighted by molar-refractivity contribution is -0.147. The van der Waals surface area contributed by atoms with Crippen LogP contribution in [0.4, 0.5) is 4.39 Å². The Morgan fingerprint density at radius 1 is 1.00 bits per heavy atom. The summed E-state index contributed by atoms with van der Waals surface area (Å²) in [6.07, 6.45) is -0.433. The predicted octanol–water partition coefficient (Wildman–Crippen LogP) is 3.70. The van der Waals surface area contributed by atoms with Crippen molar-refractivity contribution >= 4 is 5.97 Å². The van der Waals surface area contributed by atoms with E-state index in [1.165, 1.54) is 33.5 Å². The van der Waals surface area contributed by atoms with Gasteiger partial charge in [-0.05, 0) is 42.3 Å². The Balaban J connectivity index is 2.10. The zero-order valence-electron chi connectivity index (χ0n) is 14.7. The quantitative estimate of drug-likeness (QED) is 0.714. The van der Waals surface area contributed by atoms with Crippen LogP contribution < -0.4 is 14.2 Å². The van der Waals surface area contributed by atoms with Crippen molar-refractivity contribution in [2.24, 2.45) is 0 Å². The third-order valence-corrected chi connectivity index (χ3v) is 3.72. The molecule has 0 aromatic heterocycles. The minimum atomic E-state index is -0.477. The van der Waals surface area contributed by atoms with Gasteiger partial charge < -0.3 is 18.9 Å². The lowest BCUT2D eigenvalue weighted by Gasteiger charge is -2.16. The molecule has 0 unspecified atom stereocenters. The average molecular weight is 348 g/mol. The summed E-state index contributed by atoms with van der Waals surface area (Å²) >= 11 is 0. The van der Waals surface area contributed by atoms with E-state index in [0.717, 1.165) is 5.56 Å². The fraction of sp³-hybridized carbons (Fsp3) is 0.316. The molecule has 2 aromatic carbocycles. The zero-order chi connectivity index (χ0) is 18.4. The van der Waals surface area contributed by atoms with E-state index >= 15 is 0 Å². The molecule has 0 radical (unpaired) electrons. The van der Waals surface area contributed by atoms with Crippen molar-refractivity contribution < 1.29 is 28.1 Å². The third-order valence-electron chi connectivity index (χ3n) is 3.72. The molecular formula is C19H21FO5. The van der Waals surface area contributed by atoms with Crippen LogP contribution in [0.5, 0.6) is 17.2 Å². The van der Waals surface area contributed by atoms with Crippen LogP contribution in [0.3, 0.4) is 0 Å². The Labute approximate surface area is 146 Å². The van der Waals surface area contributed by atoms with E-state index < -0.39 is 12.1 Å². The first-order valence-corrected chi connectivity index (χ1v) is 7.72. The van der Waals surface area contributed by atoms with Gasteiger partial charge in [0.1, 0.15) is 11.9 Å². The summed E-state index contributed by atoms with van der Waals surface area (Å²) in [7, 11) is 4.53. The summed E-state index contributed by atoms with van der Waals surface area (Å²) in [4.78, 5) is 12.2. The molecule has 25 heavy (non-hydrogen) atoms. The molecule has 134 valence electrons. The molecule has 0 saturated heterocycles. The van der Waals surface area contributed by atoms with Crippen LogP contribution in [0.1, 0.15) is 24.2 Å². The highest BCUT2D eigenvalue weighted by Gasteiger charge is 2.17. The molecule has 0 aliphatic carbocycles. The number of halogens is 1. The van der Waals surface area contributed by atoms with Gasteiger partial charge in [-0.1, -0.05) is 12.1 Å². The Morgan fingerprint density at radius 3 is 2.04 bits per heavy atom. The van der Waals surface area contributed by atoms with Crippen molar-refractivity contribution in [3.05, 3.63) is 53.3 Å². The van der Waals surface area contributed by atoms with E-state index in [0.29, 0.717) is 22.8 Å². The molecule has 0 aliphatic rings. The highest BCUT2D eigenvalue weighted by molar-refractivity contribution is 5.74. The molecule has 1 atom stereocenters. The summed E-state index contributed by atoms with van der Waals surface area (Å²) in [5.41, 5.74) is 1.39. The Morgan fingerprint density at radius 2 is 1.56 bits per heavy atom. The largest absolute Gasteiger partial charge is 0.493 e. The lowest BCUT2D eigenvalue weighted by Crippen LogP contribution is -2.12. The second-order valence-electron chi connectivity index (χ2n) is 5.39. The van der Waals surface area contributed by atoms with Crippen LogP contribution in [-0.4, -0.2) is 27.3 Å². The van der Waals surface area contributed by atoms with Crippen LogP contribution in [0.2, 0.25) is 0 Å². The van der Waals surface area contributed by atoms with Gasteiger partial charge in [0.05, 0.1) is 27.8 Å². The maximum atomic E-state index is 13.0. The first-order valence-electron chi connectivity index (χ1n) is 7.72. The fourth-order valence-corrected chi connectivity index (χ4v) is 2.44. The van der Waals surface area contributed by atoms with E-state index in [2.05, 4.69) is 0 Å². The molecule has 2 rings (SSSR count). The van der Waals surface area contributed by atoms with Gasteiger partial charge in [0.25, 0.3) is 0 Å². The standard InChI is InChI=1S/C19H21FO5/c1-12(14-5-7-15(20)8-6-14)25-18(21)11-13-9-16(22-2)19(24-4)17(10-13)23-3/h5-10,12H,11H2,1-4H3/t12-/m1/s1. The van der Waals surface area contributed by atoms with E-state index in [4.69, 9.17) is 18.9 Å². The van der Waals surface area contributed by atoms with Gasteiger partial charge >= 0.3 is 5.97 Å². The monoisotopic (exact) mass is 348 g/mol. The summed E-state index contributed by atoms with van der Waals surface area (Å²) in [5, 5.41) is 0. The van der Waals surface area contributed by atoms with Gasteiger partial charge in [-0.25, -0.2) is 4.39 Å². The molecule has 0 heterocycles. The van der Waals surface area contributed by atoms with Crippen molar-refractivity contribution in [1.82, 2.24) is 0 Å². The predicted molar refractivity (Wildman–Crippen MR) is 90.7 cm³/mol. The van der Waals surface area contributed by atoms with Gasteiger partial charge in [0.2, 0.25) is 5.75 Å². The van der Waals surface area contributed by atoms with Crippen LogP contribution in [-0.2, 0) is 16.0 Å². The molecule has 5 nitrogen and oxygen atoms in total. The summed E-state index contributed by atoms with van der Waals surface area (Å²) in [6.45, 7) is 1.74. The van der Waals surface area contributed by atoms with Gasteiger partial charge in [-0.15, -0.1) is 0 Å². The summed E-state index contributed by atoms with van der Waals surface area (Å²) in [5.74, 6) is 0.653. The number of hydrogen-bond acceptors (Lipinski definition) is 5. The average Bonchev–Trinajstić information content (AvgIpc) is 2.61. The number of esters is 1. The Kier molecular flexibility index (Phi) is 6.22. The third kappa shape index (κ3) is 4.62. The topological polar surface area (TPSA) is 54.0 Å². The van der Waals surface area contributed by atoms with Gasteiger partial charge in [-0.2, -0.15) is 0 Å². The maximum Gasteiger partial charge on any atom is 0.310 e. The zero-order valence-corrected chi connectivity index (χ0v) is 14.7. The van der Waals surface area contributed by atoms with Crippen LogP contribution in [0.15, 0.2) is 36.4 Å². The second-order valence-corrected chi connectivity index (χ2v) is 5.39. The molecule has 2 aromatic rings. The molecule has 0 N–H and O–H groups in total. The van der Waals surface area contributed by atoms with E-state index in [9.17, 15) is 9.18 Å². The van der Waals surface area contributed by atoms with Gasteiger partial charge in [0, 0.05) is 0 Å². The number of ether oxygens (including phenoxy) is 4. The Hall–Kier alpha value is -2.76. The van der Waals surface area contributed by atoms with Crippen LogP contribution >= 0.6 is 0 Å². The molecule has 0 amide bonds. The molecule has 0 fully saturated rings. The van der Waals surface area contributed by atoms with Crippen LogP contribution in [0, 0.1) is 5.82 Å². The minimum Gasteiger partial charge on any atom is -0.493 e. The molecule has 0 saturated carbocycles. The van der Waals surface area contributed by atoms with Crippen molar-refractivity contribution in [2.45, 2.75) is 19.4 Å². The van der Waals surface area contributed by atoms with E-state index in [1.54, 1.807) is 31.2 Å². The first kappa shape index (κ1) is 18.6. The van der Waals surface area contributed by atoms with Crippen molar-refractivity contribution in [1.29, 1.82) is 0 Å². The Bertz CT molecular complexity index is 702. The fourth-order valence-electron chi connectivity index (χ4n) is 2.44. The van der Waals surface area contributed by atoms with Crippen molar-refractivity contribution in [2.75, 3.05) is 21.3 Å². The summed E-state index contributed by atoms with van der Waals surface area (Å²) < 4.78 is 34.2. The molecule has 0 bridgehead atoms. The number of benzene rings is 2. The number of hydrogen-bond donors (Lipinski definition) is 0. The number of rotatable bonds is 7. The van der Waals surface area contributed by atoms with Crippen LogP contribution in [0.25, 0.3) is 0 Å². The number of carbonyl (C=O) groups excluding carboxylic acids is 1. The molecular weight excluding hydrogens is 327 g/mol. The van der Waals surface area contributed by atoms with Gasteiger partial charge in [-0.3, -0.25) is 4.79 Å². The maximum absolute atomic E-state index is 13.0. The van der Waals surface area contributed by atoms with Crippen molar-refractivity contribution in [3.63, 3.8) is 0 Å². The lowest BCUT2D eigenvalue weighted by atomic mass is 10.1. The number of carbonyl (C=O) groups is 1. The van der Waals surface area contributed by atoms with E-state index in [-0.39, 0.29) is 12.2 Å². The number of methoxy groups -OCH3 is 3. The second kappa shape index (κ2) is 8.37. The highest BCUT2D eigenvalue weighted by atomic mass is 19.1. The smallest absolute Gasteiger partial charge is 0.310 e. The minimum absolute atomic E-state index is 0.0439. The first-order chi connectivity index (χ1) is 12.0. The normalized spacial score (nSPS) is 11.6. The molecule has 0 aliphatic heterocycles. The molecule has 6 heteroatoms. The van der Waals surface area contributed by atoms with Gasteiger partial charge in [0.15, 0.2) is 11.5 Å². The van der Waals surface area contributed by atoms with E-state index in [1.807, 2.05) is 0 Å².